The first-order valence-electron chi connectivity index (χ1n) is 21.2. The number of phenolic OH excluding ortho intramolecular Hbond substituents is 2. The lowest BCUT2D eigenvalue weighted by atomic mass is 9.72. The zero-order valence-electron chi connectivity index (χ0n) is 35.6. The van der Waals surface area contributed by atoms with Crippen molar-refractivity contribution in [1.29, 1.82) is 0 Å². The van der Waals surface area contributed by atoms with Gasteiger partial charge in [0.05, 0.1) is 42.0 Å². The smallest absolute Gasteiger partial charge is 0.407 e. The second kappa shape index (κ2) is 17.4. The fraction of sp³-hybridized carbons (Fsp3) is 0.396. The van der Waals surface area contributed by atoms with Gasteiger partial charge in [0.25, 0.3) is 0 Å². The molecular weight excluding hydrogens is 829 g/mol. The Morgan fingerprint density at radius 3 is 2.17 bits per heavy atom. The Kier molecular flexibility index (Phi) is 12.1. The number of carbonyl (C=O) groups excluding carboxylic acids is 5. The summed E-state index contributed by atoms with van der Waals surface area (Å²) in [6.45, 7) is 4.21. The molecule has 0 bridgehead atoms. The first-order chi connectivity index (χ1) is 30.6. The third-order valence-electron chi connectivity index (χ3n) is 12.7. The first-order valence-corrected chi connectivity index (χ1v) is 21.2. The monoisotopic (exact) mass is 878 g/mol. The fourth-order valence-corrected chi connectivity index (χ4v) is 9.63. The largest absolute Gasteiger partial charge is 0.507 e. The number of Topliss-reactive ketones (excluding diaryl/α,β-unsaturated/α-hetero) is 1. The molecule has 0 unspecified atom stereocenters. The number of benzene rings is 4. The summed E-state index contributed by atoms with van der Waals surface area (Å²) in [4.78, 5) is 68.3. The molecule has 16 heteroatoms. The number of ketones is 3. The third kappa shape index (κ3) is 7.79. The molecule has 1 heterocycles. The van der Waals surface area contributed by atoms with Crippen LogP contribution in [0.1, 0.15) is 106 Å². The molecule has 7 atom stereocenters. The number of hydrogen-bond donors (Lipinski definition) is 7. The molecule has 3 aliphatic carbocycles. The van der Waals surface area contributed by atoms with Crippen LogP contribution in [0.5, 0.6) is 17.2 Å². The van der Waals surface area contributed by atoms with Gasteiger partial charge in [0.2, 0.25) is 11.7 Å². The SMILES string of the molecule is COc1cccc2c1C(=O)c1c(O)c3c(c(O)c1C2=O)C[C@@](O)(C(=O)CO)C[C@@H]3O[C@H]1C[C@H](NC(=O)[C@H](CC(C)C)NC(=O)OCC2c3ccccc3-c3ccccc32)[C@H](O)[C@H](C)O1. The fourth-order valence-electron chi connectivity index (χ4n) is 9.63. The Bertz CT molecular complexity index is 2510. The number of aliphatic hydroxyl groups is 3. The minimum Gasteiger partial charge on any atom is -0.507 e. The number of methoxy groups -OCH3 is 1. The number of alkyl carbamates (subject to hydrolysis) is 1. The van der Waals surface area contributed by atoms with Gasteiger partial charge in [-0.25, -0.2) is 4.79 Å². The minimum absolute atomic E-state index is 0.0243. The molecule has 64 heavy (non-hydrogen) atoms. The van der Waals surface area contributed by atoms with E-state index < -0.39 is 114 Å². The van der Waals surface area contributed by atoms with Crippen LogP contribution < -0.4 is 15.4 Å². The maximum Gasteiger partial charge on any atom is 0.407 e. The predicted molar refractivity (Wildman–Crippen MR) is 227 cm³/mol. The van der Waals surface area contributed by atoms with E-state index in [0.717, 1.165) is 22.3 Å². The Labute approximate surface area is 368 Å². The molecule has 2 amide bonds. The molecule has 0 aromatic heterocycles. The topological polar surface area (TPSA) is 247 Å². The molecule has 7 N–H and O–H groups in total. The summed E-state index contributed by atoms with van der Waals surface area (Å²) in [6, 6.07) is 18.0. The number of aromatic hydroxyl groups is 2. The third-order valence-corrected chi connectivity index (χ3v) is 12.7. The van der Waals surface area contributed by atoms with Crippen molar-refractivity contribution in [1.82, 2.24) is 10.6 Å². The van der Waals surface area contributed by atoms with E-state index in [2.05, 4.69) is 10.6 Å². The molecule has 336 valence electrons. The number of rotatable bonds is 12. The molecule has 0 saturated carbocycles. The summed E-state index contributed by atoms with van der Waals surface area (Å²) in [5, 5.41) is 61.9. The van der Waals surface area contributed by atoms with Gasteiger partial charge < -0.3 is 55.1 Å². The van der Waals surface area contributed by atoms with Gasteiger partial charge in [0.15, 0.2) is 17.9 Å². The van der Waals surface area contributed by atoms with Crippen molar-refractivity contribution in [2.75, 3.05) is 20.3 Å². The molecule has 4 aliphatic rings. The molecular formula is C48H50N2O14. The van der Waals surface area contributed by atoms with E-state index in [1.165, 1.54) is 32.2 Å². The maximum atomic E-state index is 14.1. The maximum absolute atomic E-state index is 14.1. The van der Waals surface area contributed by atoms with Crippen LogP contribution in [-0.4, -0.2) is 111 Å². The summed E-state index contributed by atoms with van der Waals surface area (Å²) in [6.07, 6.45) is -7.18. The molecule has 1 saturated heterocycles. The van der Waals surface area contributed by atoms with Gasteiger partial charge in [-0.15, -0.1) is 0 Å². The van der Waals surface area contributed by atoms with Crippen molar-refractivity contribution < 1.29 is 68.5 Å². The summed E-state index contributed by atoms with van der Waals surface area (Å²) >= 11 is 0. The van der Waals surface area contributed by atoms with Crippen molar-refractivity contribution in [3.05, 3.63) is 111 Å². The summed E-state index contributed by atoms with van der Waals surface area (Å²) in [5.41, 5.74) is -0.0128. The molecule has 1 aliphatic heterocycles. The van der Waals surface area contributed by atoms with E-state index >= 15 is 0 Å². The summed E-state index contributed by atoms with van der Waals surface area (Å²) in [5.74, 6) is -5.06. The molecule has 0 radical (unpaired) electrons. The van der Waals surface area contributed by atoms with Gasteiger partial charge in [-0.2, -0.15) is 0 Å². The number of carbonyl (C=O) groups is 5. The average molecular weight is 879 g/mol. The zero-order chi connectivity index (χ0) is 45.8. The first kappa shape index (κ1) is 44.4. The molecule has 1 fully saturated rings. The van der Waals surface area contributed by atoms with Gasteiger partial charge in [0, 0.05) is 41.9 Å². The standard InChI is InChI=1S/C48H50N2O14/c1-22(2)16-32(50-47(59)62-21-30-26-12-7-5-10-24(26)25-11-6-8-13-27(25)30)46(58)49-31-17-36(63-23(3)41(31)53)64-34-19-48(60,35(52)20-51)18-29-38(34)45(57)40-39(43(29)55)42(54)28-14-9-15-33(61-4)37(28)44(40)56/h5-15,22-23,30-32,34,36,41,51,53,55,57,60H,16-21H2,1-4H3,(H,49,58)(H,50,59)/t23-,31-,32-,34-,36-,41+,48-/m0/s1. The second-order valence-corrected chi connectivity index (χ2v) is 17.3. The Morgan fingerprint density at radius 2 is 1.53 bits per heavy atom. The van der Waals surface area contributed by atoms with Crippen molar-refractivity contribution in [3.8, 4) is 28.4 Å². The lowest BCUT2D eigenvalue weighted by Gasteiger charge is -2.43. The highest BCUT2D eigenvalue weighted by Gasteiger charge is 2.50. The van der Waals surface area contributed by atoms with Crippen molar-refractivity contribution in [3.63, 3.8) is 0 Å². The minimum atomic E-state index is -2.38. The number of aliphatic hydroxyl groups excluding tert-OH is 2. The van der Waals surface area contributed by atoms with Crippen molar-refractivity contribution >= 4 is 29.4 Å². The van der Waals surface area contributed by atoms with E-state index in [-0.39, 0.29) is 59.3 Å². The van der Waals surface area contributed by atoms with Crippen LogP contribution in [0.25, 0.3) is 11.1 Å². The van der Waals surface area contributed by atoms with Gasteiger partial charge in [-0.3, -0.25) is 19.2 Å². The van der Waals surface area contributed by atoms with Crippen LogP contribution in [0.15, 0.2) is 66.7 Å². The number of ether oxygens (including phenoxy) is 4. The van der Waals surface area contributed by atoms with Gasteiger partial charge >= 0.3 is 6.09 Å². The van der Waals surface area contributed by atoms with E-state index in [9.17, 15) is 49.5 Å². The molecule has 8 rings (SSSR count). The summed E-state index contributed by atoms with van der Waals surface area (Å²) < 4.78 is 23.4. The Balaban J connectivity index is 1.02. The quantitative estimate of drug-likeness (QED) is 0.0873. The highest BCUT2D eigenvalue weighted by Crippen LogP contribution is 2.53. The molecule has 16 nitrogen and oxygen atoms in total. The Morgan fingerprint density at radius 1 is 0.891 bits per heavy atom. The zero-order valence-corrected chi connectivity index (χ0v) is 35.6. The van der Waals surface area contributed by atoms with Crippen LogP contribution in [0, 0.1) is 5.92 Å². The highest BCUT2D eigenvalue weighted by molar-refractivity contribution is 6.31. The number of fused-ring (bicyclic) bond motifs is 6. The van der Waals surface area contributed by atoms with E-state index in [0.29, 0.717) is 0 Å². The van der Waals surface area contributed by atoms with Gasteiger partial charge in [0.1, 0.15) is 48.2 Å². The lowest BCUT2D eigenvalue weighted by molar-refractivity contribution is -0.249. The van der Waals surface area contributed by atoms with Crippen LogP contribution in [-0.2, 0) is 30.2 Å². The number of phenols is 2. The van der Waals surface area contributed by atoms with Gasteiger partial charge in [-0.05, 0) is 47.6 Å². The van der Waals surface area contributed by atoms with Gasteiger partial charge in [-0.1, -0.05) is 74.5 Å². The van der Waals surface area contributed by atoms with E-state index in [1.54, 1.807) is 0 Å². The van der Waals surface area contributed by atoms with Crippen LogP contribution in [0.3, 0.4) is 0 Å². The predicted octanol–water partition coefficient (Wildman–Crippen LogP) is 4.11. The second-order valence-electron chi connectivity index (χ2n) is 17.3. The van der Waals surface area contributed by atoms with E-state index in [4.69, 9.17) is 18.9 Å². The molecule has 4 aromatic rings. The number of amides is 2. The molecule has 0 spiro atoms. The molecule has 4 aromatic carbocycles. The highest BCUT2D eigenvalue weighted by atomic mass is 16.7. The van der Waals surface area contributed by atoms with Crippen molar-refractivity contribution in [2.45, 2.75) is 94.7 Å². The lowest BCUT2D eigenvalue weighted by Crippen LogP contribution is -2.59. The summed E-state index contributed by atoms with van der Waals surface area (Å²) in [7, 11) is 1.30. The Hall–Kier alpha value is -6.17. The number of hydrogen-bond acceptors (Lipinski definition) is 14. The average Bonchev–Trinajstić information content (AvgIpc) is 3.59. The van der Waals surface area contributed by atoms with Crippen LogP contribution in [0.4, 0.5) is 4.79 Å². The normalized spacial score (nSPS) is 23.8. The van der Waals surface area contributed by atoms with Crippen molar-refractivity contribution in [2.24, 2.45) is 5.92 Å². The van der Waals surface area contributed by atoms with E-state index in [1.807, 2.05) is 62.4 Å². The van der Waals surface area contributed by atoms with Crippen LogP contribution >= 0.6 is 0 Å². The van der Waals surface area contributed by atoms with Crippen LogP contribution in [0.2, 0.25) is 0 Å². The number of nitrogens with one attached hydrogen (secondary N) is 2.